The van der Waals surface area contributed by atoms with Gasteiger partial charge in [-0.15, -0.1) is 0 Å². The van der Waals surface area contributed by atoms with Crippen LogP contribution in [0.5, 0.6) is 5.75 Å². The van der Waals surface area contributed by atoms with E-state index in [1.165, 1.54) is 0 Å². The average Bonchev–Trinajstić information content (AvgIpc) is 3.79. The highest BCUT2D eigenvalue weighted by atomic mass is 16.6. The summed E-state index contributed by atoms with van der Waals surface area (Å²) in [4.78, 5) is 50.7. The number of benzene rings is 2. The molecule has 2 saturated heterocycles. The number of amides is 3. The van der Waals surface area contributed by atoms with Crippen LogP contribution in [-0.4, -0.2) is 99.2 Å². The van der Waals surface area contributed by atoms with E-state index in [1.54, 1.807) is 26.2 Å². The van der Waals surface area contributed by atoms with E-state index in [0.29, 0.717) is 38.3 Å². The van der Waals surface area contributed by atoms with Crippen LogP contribution in [-0.2, 0) is 48.0 Å². The highest BCUT2D eigenvalue weighted by Crippen LogP contribution is 2.29. The summed E-state index contributed by atoms with van der Waals surface area (Å²) in [5, 5.41) is 8.25. The molecule has 0 saturated carbocycles. The molecule has 0 spiro atoms. The molecule has 0 bridgehead atoms. The molecule has 45 heavy (non-hydrogen) atoms. The monoisotopic (exact) mass is 625 g/mol. The van der Waals surface area contributed by atoms with Crippen molar-refractivity contribution in [2.75, 3.05) is 46.6 Å². The summed E-state index contributed by atoms with van der Waals surface area (Å²) in [6, 6.07) is 13.4. The minimum absolute atomic E-state index is 0.108. The summed E-state index contributed by atoms with van der Waals surface area (Å²) >= 11 is 0. The maximum Gasteiger partial charge on any atom is 0.243 e. The number of epoxide rings is 1. The molecular formula is C33H47N5O7. The standard InChI is InChI=1S/C24H29N3O5.C9H18N2O2/c1-24(14-32-24)22(29)20(11-16-3-5-18(13-25)6-4-16)27-23(30)21(26-15-28)12-17-7-9-19(31-2)10-8-17;1-8(2)10-9(12)7-11-3-5-13-6-4-11/h3-10,15,20-21H,11-14,25H2,1-2H3,(H,26,28)(H,27,30);8H,3-7H2,1-2H3,(H,10,12). The van der Waals surface area contributed by atoms with Crippen molar-refractivity contribution in [2.45, 2.75) is 63.9 Å². The van der Waals surface area contributed by atoms with Crippen LogP contribution in [0.15, 0.2) is 48.5 Å². The fourth-order valence-corrected chi connectivity index (χ4v) is 4.78. The summed E-state index contributed by atoms with van der Waals surface area (Å²) in [7, 11) is 1.57. The molecule has 4 rings (SSSR count). The van der Waals surface area contributed by atoms with Crippen molar-refractivity contribution in [1.29, 1.82) is 0 Å². The number of methoxy groups -OCH3 is 1. The molecule has 0 radical (unpaired) electrons. The number of ketones is 1. The van der Waals surface area contributed by atoms with Gasteiger partial charge in [-0.3, -0.25) is 24.1 Å². The van der Waals surface area contributed by atoms with Crippen LogP contribution >= 0.6 is 0 Å². The van der Waals surface area contributed by atoms with Crippen molar-refractivity contribution in [2.24, 2.45) is 5.73 Å². The van der Waals surface area contributed by atoms with Crippen molar-refractivity contribution < 1.29 is 33.4 Å². The molecule has 3 atom stereocenters. The van der Waals surface area contributed by atoms with E-state index < -0.39 is 23.6 Å². The molecule has 5 N–H and O–H groups in total. The third kappa shape index (κ3) is 11.9. The third-order valence-corrected chi connectivity index (χ3v) is 7.54. The molecule has 246 valence electrons. The van der Waals surface area contributed by atoms with Gasteiger partial charge in [0.25, 0.3) is 0 Å². The Balaban J connectivity index is 0.000000355. The van der Waals surface area contributed by atoms with Gasteiger partial charge in [-0.05, 0) is 56.0 Å². The molecule has 2 fully saturated rings. The quantitative estimate of drug-likeness (QED) is 0.165. The number of morpholine rings is 1. The molecule has 3 amide bonds. The first-order valence-electron chi connectivity index (χ1n) is 15.3. The number of hydrogen-bond donors (Lipinski definition) is 4. The number of nitrogens with zero attached hydrogens (tertiary/aromatic N) is 1. The van der Waals surface area contributed by atoms with Gasteiger partial charge in [-0.1, -0.05) is 36.4 Å². The number of carbonyl (C=O) groups is 4. The smallest absolute Gasteiger partial charge is 0.243 e. The number of ether oxygens (including phenoxy) is 3. The van der Waals surface area contributed by atoms with E-state index >= 15 is 0 Å². The van der Waals surface area contributed by atoms with Gasteiger partial charge in [0.1, 0.15) is 17.4 Å². The second-order valence-electron chi connectivity index (χ2n) is 11.7. The maximum absolute atomic E-state index is 13.0. The Morgan fingerprint density at radius 3 is 2.02 bits per heavy atom. The van der Waals surface area contributed by atoms with Crippen LogP contribution in [0, 0.1) is 0 Å². The van der Waals surface area contributed by atoms with Gasteiger partial charge < -0.3 is 35.9 Å². The number of hydrogen-bond acceptors (Lipinski definition) is 9. The zero-order valence-corrected chi connectivity index (χ0v) is 26.7. The minimum atomic E-state index is -0.890. The summed E-state index contributed by atoms with van der Waals surface area (Å²) in [6.45, 7) is 10.1. The fourth-order valence-electron chi connectivity index (χ4n) is 4.78. The fraction of sp³-hybridized carbons (Fsp3) is 0.515. The zero-order chi connectivity index (χ0) is 32.8. The summed E-state index contributed by atoms with van der Waals surface area (Å²) in [6.07, 6.45) is 1.07. The molecule has 0 aliphatic carbocycles. The van der Waals surface area contributed by atoms with Gasteiger partial charge in [-0.25, -0.2) is 0 Å². The second kappa shape index (κ2) is 17.6. The molecule has 2 heterocycles. The Hall–Kier alpha value is -3.84. The van der Waals surface area contributed by atoms with E-state index in [0.717, 1.165) is 43.0 Å². The SMILES string of the molecule is CC(C)NC(=O)CN1CCOCC1.COc1ccc(CC(NC=O)C(=O)NC(Cc2ccc(CN)cc2)C(=O)C2(C)CO2)cc1. The van der Waals surface area contributed by atoms with Crippen LogP contribution in [0.4, 0.5) is 0 Å². The second-order valence-corrected chi connectivity index (χ2v) is 11.7. The number of Topliss-reactive ketones (excluding diaryl/α,β-unsaturated/α-hetero) is 1. The predicted octanol–water partition coefficient (Wildman–Crippen LogP) is 0.740. The van der Waals surface area contributed by atoms with Gasteiger partial charge in [0.15, 0.2) is 5.78 Å². The van der Waals surface area contributed by atoms with E-state index in [1.807, 2.05) is 50.2 Å². The van der Waals surface area contributed by atoms with Crippen LogP contribution in [0.3, 0.4) is 0 Å². The molecule has 2 aromatic carbocycles. The lowest BCUT2D eigenvalue weighted by atomic mass is 9.94. The normalized spacial score (nSPS) is 18.9. The maximum atomic E-state index is 13.0. The van der Waals surface area contributed by atoms with Crippen molar-refractivity contribution in [1.82, 2.24) is 20.9 Å². The Bertz CT molecular complexity index is 1240. The van der Waals surface area contributed by atoms with E-state index in [2.05, 4.69) is 20.9 Å². The highest BCUT2D eigenvalue weighted by molar-refractivity contribution is 5.97. The lowest BCUT2D eigenvalue weighted by molar-refractivity contribution is -0.131. The van der Waals surface area contributed by atoms with Crippen molar-refractivity contribution in [3.8, 4) is 5.75 Å². The molecular weight excluding hydrogens is 578 g/mol. The minimum Gasteiger partial charge on any atom is -0.497 e. The Morgan fingerprint density at radius 1 is 0.956 bits per heavy atom. The first-order chi connectivity index (χ1) is 21.6. The first kappa shape index (κ1) is 35.6. The summed E-state index contributed by atoms with van der Waals surface area (Å²) in [5.41, 5.74) is 7.48. The molecule has 2 aliphatic rings. The summed E-state index contributed by atoms with van der Waals surface area (Å²) < 4.78 is 15.7. The number of nitrogens with one attached hydrogen (secondary N) is 3. The van der Waals surface area contributed by atoms with E-state index in [9.17, 15) is 19.2 Å². The zero-order valence-electron chi connectivity index (χ0n) is 26.7. The van der Waals surface area contributed by atoms with Gasteiger partial charge >= 0.3 is 0 Å². The number of nitrogens with two attached hydrogens (primary N) is 1. The predicted molar refractivity (Wildman–Crippen MR) is 170 cm³/mol. The molecule has 12 heteroatoms. The van der Waals surface area contributed by atoms with Gasteiger partial charge in [0.05, 0.1) is 39.5 Å². The van der Waals surface area contributed by atoms with Gasteiger partial charge in [0.2, 0.25) is 18.2 Å². The topological polar surface area (TPSA) is 165 Å². The average molecular weight is 626 g/mol. The van der Waals surface area contributed by atoms with Gasteiger partial charge in [0, 0.05) is 32.1 Å². The van der Waals surface area contributed by atoms with Crippen LogP contribution in [0.25, 0.3) is 0 Å². The molecule has 2 aliphatic heterocycles. The molecule has 0 aromatic heterocycles. The largest absolute Gasteiger partial charge is 0.497 e. The summed E-state index contributed by atoms with van der Waals surface area (Å²) in [5.74, 6) is 0.177. The van der Waals surface area contributed by atoms with Crippen LogP contribution in [0.2, 0.25) is 0 Å². The van der Waals surface area contributed by atoms with Crippen LogP contribution in [0.1, 0.15) is 37.5 Å². The molecule has 2 aromatic rings. The third-order valence-electron chi connectivity index (χ3n) is 7.54. The molecule has 3 unspecified atom stereocenters. The number of carbonyl (C=O) groups excluding carboxylic acids is 4. The van der Waals surface area contributed by atoms with Crippen molar-refractivity contribution >= 4 is 24.0 Å². The Labute approximate surface area is 265 Å². The first-order valence-corrected chi connectivity index (χ1v) is 15.3. The molecule has 12 nitrogen and oxygen atoms in total. The Kier molecular flexibility index (Phi) is 13.9. The van der Waals surface area contributed by atoms with E-state index in [4.69, 9.17) is 19.9 Å². The number of rotatable bonds is 15. The van der Waals surface area contributed by atoms with E-state index in [-0.39, 0.29) is 24.2 Å². The van der Waals surface area contributed by atoms with Crippen molar-refractivity contribution in [3.63, 3.8) is 0 Å². The van der Waals surface area contributed by atoms with Crippen molar-refractivity contribution in [3.05, 3.63) is 65.2 Å². The van der Waals surface area contributed by atoms with Crippen LogP contribution < -0.4 is 26.4 Å². The highest BCUT2D eigenvalue weighted by Gasteiger charge is 2.50. The lowest BCUT2D eigenvalue weighted by Gasteiger charge is -2.26. The lowest BCUT2D eigenvalue weighted by Crippen LogP contribution is -2.53. The van der Waals surface area contributed by atoms with Gasteiger partial charge in [-0.2, -0.15) is 0 Å². The Morgan fingerprint density at radius 2 is 1.51 bits per heavy atom.